The molecule has 0 saturated heterocycles. The van der Waals surface area contributed by atoms with Crippen molar-refractivity contribution in [1.29, 1.82) is 0 Å². The lowest BCUT2D eigenvalue weighted by Crippen LogP contribution is -2.22. The predicted molar refractivity (Wildman–Crippen MR) is 64.3 cm³/mol. The summed E-state index contributed by atoms with van der Waals surface area (Å²) in [7, 11) is 0. The summed E-state index contributed by atoms with van der Waals surface area (Å²) in [5.74, 6) is -0.0876. The molecule has 1 amide bonds. The summed E-state index contributed by atoms with van der Waals surface area (Å²) in [4.78, 5) is 11.4. The molecule has 0 saturated carbocycles. The summed E-state index contributed by atoms with van der Waals surface area (Å²) < 4.78 is 9.90. The first-order valence-corrected chi connectivity index (χ1v) is 5.48. The highest BCUT2D eigenvalue weighted by Crippen LogP contribution is 2.26. The zero-order valence-electron chi connectivity index (χ0n) is 9.57. The Kier molecular flexibility index (Phi) is 5.06. The number of rotatable bonds is 4. The number of halogens is 1. The van der Waals surface area contributed by atoms with Crippen LogP contribution in [0.15, 0.2) is 18.2 Å². The molecule has 0 aliphatic rings. The van der Waals surface area contributed by atoms with E-state index in [-0.39, 0.29) is 11.4 Å². The van der Waals surface area contributed by atoms with Crippen molar-refractivity contribution >= 4 is 23.4 Å². The topological polar surface area (TPSA) is 67.8 Å². The van der Waals surface area contributed by atoms with E-state index in [1.165, 1.54) is 18.2 Å². The van der Waals surface area contributed by atoms with E-state index in [2.05, 4.69) is 5.32 Å². The van der Waals surface area contributed by atoms with Gasteiger partial charge in [0.25, 0.3) is 0 Å². The van der Waals surface area contributed by atoms with Crippen molar-refractivity contribution in [3.63, 3.8) is 0 Å². The van der Waals surface area contributed by atoms with Gasteiger partial charge < -0.3 is 14.6 Å². The zero-order valence-corrected chi connectivity index (χ0v) is 10.3. The molecule has 0 bridgehead atoms. The summed E-state index contributed by atoms with van der Waals surface area (Å²) >= 11 is 5.73. The van der Waals surface area contributed by atoms with Crippen molar-refractivity contribution in [3.8, 4) is 5.75 Å². The molecule has 0 radical (unpaired) electrons. The number of anilines is 1. The van der Waals surface area contributed by atoms with Crippen LogP contribution in [0.1, 0.15) is 13.8 Å². The largest absolute Gasteiger partial charge is 0.506 e. The van der Waals surface area contributed by atoms with Crippen molar-refractivity contribution in [2.24, 2.45) is 0 Å². The van der Waals surface area contributed by atoms with E-state index in [1.54, 1.807) is 13.8 Å². The third-order valence-electron chi connectivity index (χ3n) is 1.87. The molecule has 17 heavy (non-hydrogen) atoms. The molecule has 0 unspecified atom stereocenters. The summed E-state index contributed by atoms with van der Waals surface area (Å²) in [5, 5.41) is 12.2. The molecule has 0 aliphatic heterocycles. The number of hydrogen-bond donors (Lipinski definition) is 2. The quantitative estimate of drug-likeness (QED) is 0.644. The number of phenolic OH excluding ortho intramolecular Hbond substituents is 1. The van der Waals surface area contributed by atoms with Gasteiger partial charge >= 0.3 is 6.09 Å². The molecule has 0 aliphatic carbocycles. The van der Waals surface area contributed by atoms with Gasteiger partial charge in [0.2, 0.25) is 6.29 Å². The summed E-state index contributed by atoms with van der Waals surface area (Å²) in [6.07, 6.45) is -1.37. The van der Waals surface area contributed by atoms with Gasteiger partial charge in [-0.25, -0.2) is 4.79 Å². The van der Waals surface area contributed by atoms with Gasteiger partial charge in [0.05, 0.1) is 5.69 Å². The molecule has 0 aromatic heterocycles. The molecule has 0 spiro atoms. The number of carbonyl (C=O) groups excluding carboxylic acids is 1. The van der Waals surface area contributed by atoms with Crippen molar-refractivity contribution in [3.05, 3.63) is 23.2 Å². The monoisotopic (exact) mass is 259 g/mol. The Labute approximate surface area is 104 Å². The first-order chi connectivity index (χ1) is 8.02. The molecule has 1 aromatic rings. The highest BCUT2D eigenvalue weighted by molar-refractivity contribution is 6.31. The van der Waals surface area contributed by atoms with Crippen LogP contribution in [0.25, 0.3) is 0 Å². The molecular formula is C11H14ClNO4. The number of benzene rings is 1. The lowest BCUT2D eigenvalue weighted by atomic mass is 10.3. The first kappa shape index (κ1) is 13.6. The first-order valence-electron chi connectivity index (χ1n) is 5.10. The Balaban J connectivity index is 2.58. The van der Waals surface area contributed by atoms with Crippen LogP contribution in [-0.2, 0) is 9.47 Å². The second kappa shape index (κ2) is 6.32. The molecule has 1 aromatic carbocycles. The minimum absolute atomic E-state index is 0.0876. The lowest BCUT2D eigenvalue weighted by Gasteiger charge is -2.14. The molecule has 5 nitrogen and oxygen atoms in total. The number of phenols is 1. The van der Waals surface area contributed by atoms with E-state index < -0.39 is 12.4 Å². The Morgan fingerprint density at radius 2 is 2.29 bits per heavy atom. The average Bonchev–Trinajstić information content (AvgIpc) is 2.23. The fourth-order valence-electron chi connectivity index (χ4n) is 1.17. The van der Waals surface area contributed by atoms with Crippen LogP contribution in [0.5, 0.6) is 5.75 Å². The van der Waals surface area contributed by atoms with E-state index in [0.29, 0.717) is 11.6 Å². The fraction of sp³-hybridized carbons (Fsp3) is 0.364. The maximum absolute atomic E-state index is 11.4. The highest BCUT2D eigenvalue weighted by atomic mass is 35.5. The molecular weight excluding hydrogens is 246 g/mol. The highest BCUT2D eigenvalue weighted by Gasteiger charge is 2.11. The van der Waals surface area contributed by atoms with E-state index in [4.69, 9.17) is 21.1 Å². The van der Waals surface area contributed by atoms with Crippen LogP contribution < -0.4 is 5.32 Å². The molecule has 6 heteroatoms. The third-order valence-corrected chi connectivity index (χ3v) is 2.10. The Morgan fingerprint density at radius 1 is 1.59 bits per heavy atom. The number of ether oxygens (including phenoxy) is 2. The maximum Gasteiger partial charge on any atom is 0.414 e. The Bertz CT molecular complexity index is 397. The van der Waals surface area contributed by atoms with Crippen molar-refractivity contribution in [1.82, 2.24) is 0 Å². The van der Waals surface area contributed by atoms with Gasteiger partial charge in [-0.1, -0.05) is 11.6 Å². The molecule has 94 valence electrons. The zero-order chi connectivity index (χ0) is 12.8. The SMILES string of the molecule is CCO[C@@H](C)OC(=O)Nc1cc(Cl)ccc1O. The standard InChI is InChI=1S/C11H14ClNO4/c1-3-16-7(2)17-11(15)13-9-6-8(12)4-5-10(9)14/h4-7,14H,3H2,1-2H3,(H,13,15)/t7-/m1/s1. The Hall–Kier alpha value is -1.46. The van der Waals surface area contributed by atoms with Crippen LogP contribution >= 0.6 is 11.6 Å². The minimum Gasteiger partial charge on any atom is -0.506 e. The van der Waals surface area contributed by atoms with Crippen LogP contribution in [0.3, 0.4) is 0 Å². The van der Waals surface area contributed by atoms with Gasteiger partial charge in [0.15, 0.2) is 0 Å². The minimum atomic E-state index is -0.719. The van der Waals surface area contributed by atoms with E-state index in [0.717, 1.165) is 0 Å². The van der Waals surface area contributed by atoms with E-state index in [9.17, 15) is 9.90 Å². The van der Waals surface area contributed by atoms with Crippen LogP contribution in [0.2, 0.25) is 5.02 Å². The third kappa shape index (κ3) is 4.50. The summed E-state index contributed by atoms with van der Waals surface area (Å²) in [6.45, 7) is 3.83. The summed E-state index contributed by atoms with van der Waals surface area (Å²) in [5.41, 5.74) is 0.186. The Morgan fingerprint density at radius 3 is 2.94 bits per heavy atom. The molecule has 1 rings (SSSR count). The number of nitrogens with one attached hydrogen (secondary N) is 1. The molecule has 1 atom stereocenters. The van der Waals surface area contributed by atoms with Crippen molar-refractivity contribution < 1.29 is 19.4 Å². The number of hydrogen-bond acceptors (Lipinski definition) is 4. The van der Waals surface area contributed by atoms with Gasteiger partial charge in [-0.15, -0.1) is 0 Å². The summed E-state index contributed by atoms with van der Waals surface area (Å²) in [6, 6.07) is 4.31. The second-order valence-corrected chi connectivity index (χ2v) is 3.65. The molecule has 2 N–H and O–H groups in total. The van der Waals surface area contributed by atoms with Gasteiger partial charge in [-0.2, -0.15) is 0 Å². The number of carbonyl (C=O) groups is 1. The van der Waals surface area contributed by atoms with Gasteiger partial charge in [-0.3, -0.25) is 5.32 Å². The molecule has 0 fully saturated rings. The van der Waals surface area contributed by atoms with Crippen LogP contribution in [0.4, 0.5) is 10.5 Å². The van der Waals surface area contributed by atoms with E-state index in [1.807, 2.05) is 0 Å². The van der Waals surface area contributed by atoms with Crippen molar-refractivity contribution in [2.45, 2.75) is 20.1 Å². The van der Waals surface area contributed by atoms with Crippen LogP contribution in [-0.4, -0.2) is 24.1 Å². The second-order valence-electron chi connectivity index (χ2n) is 3.21. The van der Waals surface area contributed by atoms with Crippen molar-refractivity contribution in [2.75, 3.05) is 11.9 Å². The fourth-order valence-corrected chi connectivity index (χ4v) is 1.34. The normalized spacial score (nSPS) is 11.9. The predicted octanol–water partition coefficient (Wildman–Crippen LogP) is 2.98. The lowest BCUT2D eigenvalue weighted by molar-refractivity contribution is -0.0827. The van der Waals surface area contributed by atoms with Gasteiger partial charge in [-0.05, 0) is 32.0 Å². The average molecular weight is 260 g/mol. The van der Waals surface area contributed by atoms with E-state index >= 15 is 0 Å². The number of aromatic hydroxyl groups is 1. The molecule has 0 heterocycles. The van der Waals surface area contributed by atoms with Crippen LogP contribution in [0, 0.1) is 0 Å². The number of amides is 1. The smallest absolute Gasteiger partial charge is 0.414 e. The van der Waals surface area contributed by atoms with Gasteiger partial charge in [0.1, 0.15) is 5.75 Å². The van der Waals surface area contributed by atoms with Gasteiger partial charge in [0, 0.05) is 11.6 Å². The maximum atomic E-state index is 11.4.